The molecular weight excluding hydrogens is 416 g/mol. The molecule has 1 fully saturated rings. The zero-order valence-electron chi connectivity index (χ0n) is 15.9. The van der Waals surface area contributed by atoms with E-state index in [1.165, 1.54) is 19.2 Å². The number of aromatic nitrogens is 1. The van der Waals surface area contributed by atoms with Gasteiger partial charge in [-0.15, -0.1) is 11.3 Å². The number of nitrogens with zero attached hydrogens (tertiary/aromatic N) is 3. The summed E-state index contributed by atoms with van der Waals surface area (Å²) in [6.07, 6.45) is -0.655. The van der Waals surface area contributed by atoms with Crippen molar-refractivity contribution in [3.8, 4) is 0 Å². The summed E-state index contributed by atoms with van der Waals surface area (Å²) in [5, 5.41) is 14.1. The first-order valence-electron chi connectivity index (χ1n) is 8.15. The minimum atomic E-state index is -4.96. The number of hydrogen-bond acceptors (Lipinski definition) is 10. The van der Waals surface area contributed by atoms with E-state index >= 15 is 0 Å². The Morgan fingerprint density at radius 3 is 2.57 bits per heavy atom. The molecule has 0 aliphatic carbocycles. The van der Waals surface area contributed by atoms with Crippen molar-refractivity contribution in [1.29, 1.82) is 0 Å². The summed E-state index contributed by atoms with van der Waals surface area (Å²) in [5.41, 5.74) is 3.27. The molecule has 1 aliphatic rings. The zero-order chi connectivity index (χ0) is 22.4. The largest absolute Gasteiger partial charge is 0.478 e. The van der Waals surface area contributed by atoms with Crippen LogP contribution in [0.5, 0.6) is 0 Å². The van der Waals surface area contributed by atoms with Crippen LogP contribution in [0, 0.1) is 5.92 Å². The van der Waals surface area contributed by atoms with Crippen LogP contribution in [-0.2, 0) is 29.5 Å². The lowest BCUT2D eigenvalue weighted by atomic mass is 9.86. The molecule has 2 rings (SSSR count). The third kappa shape index (κ3) is 4.28. The van der Waals surface area contributed by atoms with Gasteiger partial charge >= 0.3 is 16.3 Å². The van der Waals surface area contributed by atoms with Gasteiger partial charge in [0.2, 0.25) is 11.5 Å². The van der Waals surface area contributed by atoms with E-state index in [4.69, 9.17) is 21.6 Å². The summed E-state index contributed by atoms with van der Waals surface area (Å²) in [7, 11) is -4.96. The Bertz CT molecular complexity index is 1000. The molecular formula is C14H18N4O8S2. The van der Waals surface area contributed by atoms with E-state index in [-0.39, 0.29) is 15.1 Å². The summed E-state index contributed by atoms with van der Waals surface area (Å²) >= 11 is 0.970. The number of anilines is 1. The van der Waals surface area contributed by atoms with E-state index in [0.29, 0.717) is 0 Å². The van der Waals surface area contributed by atoms with Gasteiger partial charge in [0.1, 0.15) is 5.69 Å². The number of carbonyl (C=O) groups is 3. The minimum Gasteiger partial charge on any atom is -0.478 e. The summed E-state index contributed by atoms with van der Waals surface area (Å²) in [6, 6.07) is -2.10. The molecule has 4 N–H and O–H groups in total. The normalized spacial score (nSPS) is 23.8. The van der Waals surface area contributed by atoms with Crippen molar-refractivity contribution in [3.63, 3.8) is 0 Å². The minimum absolute atomic E-state index is 0.0382. The highest BCUT2D eigenvalue weighted by atomic mass is 32.2. The number of rotatable bonds is 8. The van der Waals surface area contributed by atoms with E-state index in [1.54, 1.807) is 0 Å². The first-order valence-corrected chi connectivity index (χ1v) is 9.92. The van der Waals surface area contributed by atoms with E-state index in [9.17, 15) is 22.8 Å². The number of nitrogens with two attached hydrogens (primary N) is 1. The van der Waals surface area contributed by atoms with Gasteiger partial charge in [0.15, 0.2) is 16.6 Å². The molecule has 2 heterocycles. The molecule has 0 spiro atoms. The van der Waals surface area contributed by atoms with Crippen LogP contribution < -0.4 is 5.73 Å². The predicted molar refractivity (Wildman–Crippen MR) is 96.8 cm³/mol. The van der Waals surface area contributed by atoms with Crippen LogP contribution in [-0.4, -0.2) is 62.4 Å². The Kier molecular flexibility index (Phi) is 5.36. The molecule has 28 heavy (non-hydrogen) atoms. The number of amides is 1. The summed E-state index contributed by atoms with van der Waals surface area (Å²) in [5.74, 6) is -4.75. The van der Waals surface area contributed by atoms with Gasteiger partial charge in [-0.25, -0.2) is 14.1 Å². The maximum absolute atomic E-state index is 12.7. The molecule has 0 bridgehead atoms. The maximum Gasteiger partial charge on any atom is 0.362 e. The van der Waals surface area contributed by atoms with Crippen LogP contribution in [0.3, 0.4) is 0 Å². The number of carbonyl (C=O) groups excluding carboxylic acids is 2. The molecule has 1 aromatic heterocycles. The number of Topliss-reactive ketones (excluding diaryl/α,β-unsaturated/α-hetero) is 1. The lowest BCUT2D eigenvalue weighted by Gasteiger charge is -2.41. The van der Waals surface area contributed by atoms with Gasteiger partial charge in [-0.3, -0.25) is 14.1 Å². The van der Waals surface area contributed by atoms with E-state index < -0.39 is 57.6 Å². The summed E-state index contributed by atoms with van der Waals surface area (Å²) in [4.78, 5) is 44.8. The van der Waals surface area contributed by atoms with Crippen molar-refractivity contribution in [2.45, 2.75) is 38.8 Å². The third-order valence-corrected chi connectivity index (χ3v) is 5.46. The molecule has 1 amide bonds. The monoisotopic (exact) mass is 435 g/mol. The summed E-state index contributed by atoms with van der Waals surface area (Å²) in [6.45, 7) is 3.43. The fraction of sp³-hybridized carbons (Fsp3) is 0.500. The highest BCUT2D eigenvalue weighted by molar-refractivity contribution is 7.84. The molecule has 154 valence electrons. The molecule has 14 heteroatoms. The van der Waals surface area contributed by atoms with E-state index in [0.717, 1.165) is 18.3 Å². The van der Waals surface area contributed by atoms with Crippen LogP contribution >= 0.6 is 11.3 Å². The molecule has 0 unspecified atom stereocenters. The quantitative estimate of drug-likeness (QED) is 0.215. The molecule has 0 radical (unpaired) electrons. The number of carboxylic acid groups (broad SMARTS) is 1. The van der Waals surface area contributed by atoms with Gasteiger partial charge in [0.25, 0.3) is 0 Å². The van der Waals surface area contributed by atoms with Crippen LogP contribution in [0.1, 0.15) is 34.3 Å². The van der Waals surface area contributed by atoms with Crippen LogP contribution in [0.25, 0.3) is 0 Å². The van der Waals surface area contributed by atoms with E-state index in [2.05, 4.69) is 10.1 Å². The molecule has 1 saturated heterocycles. The smallest absolute Gasteiger partial charge is 0.362 e. The van der Waals surface area contributed by atoms with Gasteiger partial charge in [0, 0.05) is 11.8 Å². The molecule has 0 aromatic carbocycles. The highest BCUT2D eigenvalue weighted by Crippen LogP contribution is 2.32. The predicted octanol–water partition coefficient (Wildman–Crippen LogP) is -0.0819. The second-order valence-electron chi connectivity index (χ2n) is 6.32. The second-order valence-corrected chi connectivity index (χ2v) is 8.47. The maximum atomic E-state index is 12.7. The van der Waals surface area contributed by atoms with Gasteiger partial charge in [-0.05, 0) is 20.8 Å². The molecule has 1 aromatic rings. The van der Waals surface area contributed by atoms with E-state index in [1.807, 2.05) is 0 Å². The Hall–Kier alpha value is -2.58. The zero-order valence-corrected chi connectivity index (χ0v) is 16.6. The van der Waals surface area contributed by atoms with Gasteiger partial charge in [0.05, 0.1) is 13.3 Å². The fourth-order valence-electron chi connectivity index (χ4n) is 2.22. The Morgan fingerprint density at radius 2 is 2.14 bits per heavy atom. The molecule has 2 atom stereocenters. The summed E-state index contributed by atoms with van der Waals surface area (Å²) < 4.78 is 39.5. The third-order valence-electron chi connectivity index (χ3n) is 3.85. The number of aliphatic carboxylic acids is 1. The lowest BCUT2D eigenvalue weighted by molar-refractivity contribution is -0.161. The molecule has 0 saturated carbocycles. The van der Waals surface area contributed by atoms with Crippen LogP contribution in [0.15, 0.2) is 10.5 Å². The second kappa shape index (κ2) is 7.44. The first kappa shape index (κ1) is 20.2. The fourth-order valence-corrected chi connectivity index (χ4v) is 3.61. The molecule has 12 nitrogen and oxygen atoms in total. The SMILES string of the molecule is [2H][C@]1(C)[C@H](CC(=O)/C(=N\OC(C)(C)C(=O)O)c2csc(N)n2)C(=O)N1S(=O)(=O)O. The Labute approximate surface area is 165 Å². The Balaban J connectivity index is 2.32. The lowest BCUT2D eigenvalue weighted by Crippen LogP contribution is -2.62. The van der Waals surface area contributed by atoms with Crippen LogP contribution in [0.4, 0.5) is 5.13 Å². The molecule has 1 aliphatic heterocycles. The van der Waals surface area contributed by atoms with Crippen molar-refractivity contribution in [2.24, 2.45) is 11.1 Å². The average Bonchev–Trinajstić information content (AvgIpc) is 2.97. The van der Waals surface area contributed by atoms with Crippen molar-refractivity contribution in [2.75, 3.05) is 5.73 Å². The number of oxime groups is 1. The van der Waals surface area contributed by atoms with Gasteiger partial charge in [-0.1, -0.05) is 5.16 Å². The first-order chi connectivity index (χ1) is 13.1. The van der Waals surface area contributed by atoms with Gasteiger partial charge in [-0.2, -0.15) is 8.42 Å². The highest BCUT2D eigenvalue weighted by Gasteiger charge is 2.51. The number of β-lactam (4-membered cyclic amide) rings is 1. The Morgan fingerprint density at radius 1 is 1.54 bits per heavy atom. The number of carboxylic acids is 1. The number of thiazole rings is 1. The van der Waals surface area contributed by atoms with Crippen molar-refractivity contribution >= 4 is 50.1 Å². The standard InChI is InChI=1S/C14H18N4O8S2/c1-6-7(11(20)18(6)28(23,24)25)4-9(19)10(8-5-27-13(15)16-8)17-26-14(2,3)12(21)22/h5-7H,4H2,1-3H3,(H2,15,16)(H,21,22)(H,23,24,25)/b17-10-/t6-,7-/m0/s1/i6D. The number of hydrogen-bond donors (Lipinski definition) is 3. The number of nitrogen functional groups attached to an aromatic ring is 1. The van der Waals surface area contributed by atoms with Crippen molar-refractivity contribution in [3.05, 3.63) is 11.1 Å². The van der Waals surface area contributed by atoms with Gasteiger partial charge < -0.3 is 15.7 Å². The number of ketones is 1. The van der Waals surface area contributed by atoms with Crippen LogP contribution in [0.2, 0.25) is 0 Å². The average molecular weight is 435 g/mol. The van der Waals surface area contributed by atoms with Crippen molar-refractivity contribution < 1.29 is 38.7 Å². The topological polar surface area (TPSA) is 190 Å². The van der Waals surface area contributed by atoms with Crippen molar-refractivity contribution in [1.82, 2.24) is 9.29 Å².